The highest BCUT2D eigenvalue weighted by molar-refractivity contribution is 5.97. The molecule has 1 aromatic carbocycles. The number of carbonyl (C=O) groups excluding carboxylic acids is 1. The van der Waals surface area contributed by atoms with Crippen molar-refractivity contribution in [1.29, 1.82) is 0 Å². The minimum atomic E-state index is -1.33. The summed E-state index contributed by atoms with van der Waals surface area (Å²) >= 11 is 0. The van der Waals surface area contributed by atoms with Gasteiger partial charge in [-0.1, -0.05) is 0 Å². The molecule has 0 unspecified atom stereocenters. The average molecular weight is 435 g/mol. The molecule has 4 rings (SSSR count). The molecule has 2 aromatic rings. The minimum absolute atomic E-state index is 0. The van der Waals surface area contributed by atoms with Crippen LogP contribution in [0.5, 0.6) is 5.75 Å². The molecule has 1 aliphatic carbocycles. The van der Waals surface area contributed by atoms with Gasteiger partial charge in [-0.2, -0.15) is 0 Å². The second-order valence-electron chi connectivity index (χ2n) is 7.92. The molecule has 1 aliphatic heterocycles. The molecule has 9 nitrogen and oxygen atoms in total. The van der Waals surface area contributed by atoms with E-state index in [0.717, 1.165) is 18.9 Å². The van der Waals surface area contributed by atoms with E-state index in [9.17, 15) is 19.5 Å². The number of ketones is 1. The first-order valence-corrected chi connectivity index (χ1v) is 9.97. The summed E-state index contributed by atoms with van der Waals surface area (Å²) in [4.78, 5) is 39.5. The summed E-state index contributed by atoms with van der Waals surface area (Å²) in [7, 11) is 1.43. The third-order valence-corrected chi connectivity index (χ3v) is 5.71. The van der Waals surface area contributed by atoms with E-state index in [0.29, 0.717) is 38.2 Å². The van der Waals surface area contributed by atoms with E-state index in [-0.39, 0.29) is 39.7 Å². The smallest absolute Gasteiger partial charge is 0.341 e. The Balaban J connectivity index is 0.00000272. The van der Waals surface area contributed by atoms with E-state index >= 15 is 4.39 Å². The minimum Gasteiger partial charge on any atom is -0.492 e. The van der Waals surface area contributed by atoms with Gasteiger partial charge in [0, 0.05) is 38.4 Å². The Hall–Kier alpha value is -2.98. The predicted molar refractivity (Wildman–Crippen MR) is 113 cm³/mol. The second kappa shape index (κ2) is 8.64. The van der Waals surface area contributed by atoms with Crippen molar-refractivity contribution >= 4 is 28.3 Å². The summed E-state index contributed by atoms with van der Waals surface area (Å²) in [5, 5.41) is 9.43. The molecule has 0 spiro atoms. The van der Waals surface area contributed by atoms with Crippen molar-refractivity contribution in [2.75, 3.05) is 44.7 Å². The number of methoxy groups -OCH3 is 1. The number of aromatic nitrogens is 1. The number of pyridine rings is 1. The molecule has 1 saturated heterocycles. The SMILES string of the molecule is COc1c(N2CCN(CC(C)=O)CC2)c(F)cc2c(=O)c(C(=O)O)cn(C3CC3)c12.O. The van der Waals surface area contributed by atoms with Crippen LogP contribution in [0.3, 0.4) is 0 Å². The first kappa shape index (κ1) is 22.7. The molecule has 31 heavy (non-hydrogen) atoms. The number of fused-ring (bicyclic) bond motifs is 1. The molecule has 0 radical (unpaired) electrons. The maximum Gasteiger partial charge on any atom is 0.341 e. The quantitative estimate of drug-likeness (QED) is 0.720. The van der Waals surface area contributed by atoms with Crippen molar-refractivity contribution in [3.8, 4) is 5.75 Å². The van der Waals surface area contributed by atoms with Gasteiger partial charge in [0.15, 0.2) is 11.6 Å². The monoisotopic (exact) mass is 435 g/mol. The molecule has 0 bridgehead atoms. The first-order chi connectivity index (χ1) is 14.3. The standard InChI is InChI=1S/C21H24FN3O5.H2O/c1-12(26)10-23-5-7-24(8-6-23)18-16(22)9-14-17(20(18)30-2)25(13-3-4-13)11-15(19(14)27)21(28)29;/h9,11,13H,3-8,10H2,1-2H3,(H,28,29);1H2. The Morgan fingerprint density at radius 3 is 2.39 bits per heavy atom. The zero-order valence-electron chi connectivity index (χ0n) is 17.5. The molecule has 0 atom stereocenters. The summed E-state index contributed by atoms with van der Waals surface area (Å²) < 4.78 is 22.6. The van der Waals surface area contributed by atoms with Crippen molar-refractivity contribution in [2.24, 2.45) is 0 Å². The number of piperazine rings is 1. The van der Waals surface area contributed by atoms with Crippen LogP contribution in [0.4, 0.5) is 10.1 Å². The number of Topliss-reactive ketones (excluding diaryl/α,β-unsaturated/α-hetero) is 1. The van der Waals surface area contributed by atoms with E-state index in [1.54, 1.807) is 11.5 Å². The molecule has 10 heteroatoms. The largest absolute Gasteiger partial charge is 0.492 e. The maximum absolute atomic E-state index is 15.2. The van der Waals surface area contributed by atoms with Crippen molar-refractivity contribution in [3.63, 3.8) is 0 Å². The predicted octanol–water partition coefficient (Wildman–Crippen LogP) is 1.07. The van der Waals surface area contributed by atoms with Gasteiger partial charge in [0.2, 0.25) is 5.43 Å². The fraction of sp³-hybridized carbons (Fsp3) is 0.476. The molecule has 1 aromatic heterocycles. The summed E-state index contributed by atoms with van der Waals surface area (Å²) in [5.41, 5.74) is -0.396. The fourth-order valence-electron chi connectivity index (χ4n) is 4.17. The molecule has 2 fully saturated rings. The Kier molecular flexibility index (Phi) is 6.33. The number of benzene rings is 1. The first-order valence-electron chi connectivity index (χ1n) is 9.97. The highest BCUT2D eigenvalue weighted by atomic mass is 19.1. The van der Waals surface area contributed by atoms with E-state index in [1.165, 1.54) is 13.3 Å². The summed E-state index contributed by atoms with van der Waals surface area (Å²) in [6, 6.07) is 1.19. The van der Waals surface area contributed by atoms with Crippen molar-refractivity contribution in [1.82, 2.24) is 9.47 Å². The van der Waals surface area contributed by atoms with E-state index in [2.05, 4.69) is 0 Å². The number of nitrogens with zero attached hydrogens (tertiary/aromatic N) is 3. The van der Waals surface area contributed by atoms with Crippen LogP contribution in [0.1, 0.15) is 36.2 Å². The number of carboxylic acid groups (broad SMARTS) is 1. The molecule has 168 valence electrons. The Morgan fingerprint density at radius 1 is 1.23 bits per heavy atom. The molecule has 1 saturated carbocycles. The van der Waals surface area contributed by atoms with E-state index < -0.39 is 17.2 Å². The van der Waals surface area contributed by atoms with Crippen molar-refractivity contribution in [3.05, 3.63) is 33.9 Å². The summed E-state index contributed by atoms with van der Waals surface area (Å²) in [5.74, 6) is -1.63. The normalized spacial score (nSPS) is 16.8. The topological polar surface area (TPSA) is 124 Å². The van der Waals surface area contributed by atoms with Crippen LogP contribution in [0.2, 0.25) is 0 Å². The van der Waals surface area contributed by atoms with Crippen LogP contribution >= 0.6 is 0 Å². The molecular weight excluding hydrogens is 409 g/mol. The van der Waals surface area contributed by atoms with Crippen molar-refractivity contribution < 1.29 is 29.3 Å². The molecular formula is C21H26FN3O6. The number of rotatable bonds is 6. The fourth-order valence-corrected chi connectivity index (χ4v) is 4.17. The number of hydrogen-bond donors (Lipinski definition) is 1. The molecule has 0 amide bonds. The van der Waals surface area contributed by atoms with E-state index in [4.69, 9.17) is 4.74 Å². The van der Waals surface area contributed by atoms with Crippen LogP contribution in [0.15, 0.2) is 17.1 Å². The summed E-state index contributed by atoms with van der Waals surface area (Å²) in [6.07, 6.45) is 3.06. The number of aromatic carboxylic acids is 1. The number of ether oxygens (including phenoxy) is 1. The lowest BCUT2D eigenvalue weighted by Crippen LogP contribution is -2.48. The Labute approximate surface area is 177 Å². The number of anilines is 1. The third-order valence-electron chi connectivity index (χ3n) is 5.71. The molecule has 3 N–H and O–H groups in total. The van der Waals surface area contributed by atoms with Gasteiger partial charge in [0.1, 0.15) is 17.0 Å². The lowest BCUT2D eigenvalue weighted by molar-refractivity contribution is -0.118. The number of halogens is 1. The lowest BCUT2D eigenvalue weighted by Gasteiger charge is -2.36. The van der Waals surface area contributed by atoms with Gasteiger partial charge in [-0.3, -0.25) is 14.5 Å². The summed E-state index contributed by atoms with van der Waals surface area (Å²) in [6.45, 7) is 4.13. The highest BCUT2D eigenvalue weighted by Crippen LogP contribution is 2.43. The van der Waals surface area contributed by atoms with Crippen molar-refractivity contribution in [2.45, 2.75) is 25.8 Å². The van der Waals surface area contributed by atoms with E-state index in [1.807, 2.05) is 9.80 Å². The van der Waals surface area contributed by atoms with Gasteiger partial charge in [0.25, 0.3) is 0 Å². The Bertz CT molecular complexity index is 1090. The van der Waals surface area contributed by atoms with Gasteiger partial charge in [-0.15, -0.1) is 0 Å². The van der Waals surface area contributed by atoms with Crippen LogP contribution in [0, 0.1) is 5.82 Å². The molecule has 2 aliphatic rings. The third kappa shape index (κ3) is 4.13. The van der Waals surface area contributed by atoms with Gasteiger partial charge in [-0.05, 0) is 25.8 Å². The highest BCUT2D eigenvalue weighted by Gasteiger charge is 2.32. The zero-order valence-corrected chi connectivity index (χ0v) is 17.5. The second-order valence-corrected chi connectivity index (χ2v) is 7.92. The van der Waals surface area contributed by atoms with Gasteiger partial charge in [0.05, 0.1) is 24.6 Å². The number of carboxylic acids is 1. The average Bonchev–Trinajstić information content (AvgIpc) is 3.53. The molecule has 2 heterocycles. The van der Waals surface area contributed by atoms with Crippen LogP contribution in [-0.2, 0) is 4.79 Å². The lowest BCUT2D eigenvalue weighted by atomic mass is 10.1. The van der Waals surface area contributed by atoms with Crippen LogP contribution in [0.25, 0.3) is 10.9 Å². The number of hydrogen-bond acceptors (Lipinski definition) is 6. The van der Waals surface area contributed by atoms with Crippen LogP contribution in [-0.4, -0.2) is 71.6 Å². The zero-order chi connectivity index (χ0) is 21.6. The Morgan fingerprint density at radius 2 is 1.87 bits per heavy atom. The van der Waals surface area contributed by atoms with Gasteiger partial charge in [-0.25, -0.2) is 9.18 Å². The van der Waals surface area contributed by atoms with Gasteiger partial charge < -0.3 is 24.8 Å². The maximum atomic E-state index is 15.2. The number of carbonyl (C=O) groups is 2. The van der Waals surface area contributed by atoms with Gasteiger partial charge >= 0.3 is 5.97 Å². The van der Waals surface area contributed by atoms with Crippen LogP contribution < -0.4 is 15.1 Å².